The third-order valence-corrected chi connectivity index (χ3v) is 2.85. The number of carbonyl (C=O) groups excluding carboxylic acids is 1. The maximum Gasteiger partial charge on any atom is 0.294 e. The first-order chi connectivity index (χ1) is 8.72. The first kappa shape index (κ1) is 12.5. The number of nitrogens with one attached hydrogen (secondary N) is 1. The van der Waals surface area contributed by atoms with E-state index < -0.39 is 0 Å². The topological polar surface area (TPSA) is 47.6 Å². The molecule has 0 unspecified atom stereocenters. The van der Waals surface area contributed by atoms with Crippen LogP contribution in [-0.2, 0) is 20.7 Å². The fourth-order valence-corrected chi connectivity index (χ4v) is 1.86. The monoisotopic (exact) mass is 247 g/mol. The molecule has 4 nitrogen and oxygen atoms in total. The van der Waals surface area contributed by atoms with Gasteiger partial charge in [0.2, 0.25) is 5.76 Å². The molecule has 0 aromatic heterocycles. The van der Waals surface area contributed by atoms with Crippen LogP contribution in [0.5, 0.6) is 0 Å². The molecule has 1 aromatic rings. The summed E-state index contributed by atoms with van der Waals surface area (Å²) in [7, 11) is 0. The molecule has 2 rings (SSSR count). The van der Waals surface area contributed by atoms with E-state index in [-0.39, 0.29) is 11.7 Å². The number of carbonyl (C=O) groups is 1. The van der Waals surface area contributed by atoms with E-state index in [1.165, 1.54) is 6.26 Å². The van der Waals surface area contributed by atoms with Crippen LogP contribution in [0.1, 0.15) is 18.1 Å². The third-order valence-electron chi connectivity index (χ3n) is 2.85. The Bertz CT molecular complexity index is 480. The van der Waals surface area contributed by atoms with Gasteiger partial charge in [-0.2, -0.15) is 0 Å². The molecule has 1 aliphatic heterocycles. The summed E-state index contributed by atoms with van der Waals surface area (Å²) in [4.78, 5) is 12.0. The molecule has 0 aliphatic carbocycles. The minimum Gasteiger partial charge on any atom is -0.494 e. The van der Waals surface area contributed by atoms with Crippen molar-refractivity contribution < 1.29 is 14.3 Å². The Kier molecular flexibility index (Phi) is 3.87. The second kappa shape index (κ2) is 5.58. The van der Waals surface area contributed by atoms with E-state index in [1.54, 1.807) is 0 Å². The van der Waals surface area contributed by atoms with Crippen LogP contribution in [0.4, 0.5) is 5.69 Å². The molecule has 0 bridgehead atoms. The number of aryl methyl sites for hydroxylation is 2. The molecule has 0 atom stereocenters. The van der Waals surface area contributed by atoms with Crippen molar-refractivity contribution in [1.82, 2.24) is 0 Å². The fraction of sp³-hybridized carbons (Fsp3) is 0.357. The van der Waals surface area contributed by atoms with Gasteiger partial charge in [-0.05, 0) is 24.5 Å². The van der Waals surface area contributed by atoms with Gasteiger partial charge in [0.25, 0.3) is 5.91 Å². The standard InChI is InChI=1S/C14H17NO3/c1-3-11-6-4-5-10(2)13(11)15-14(16)12-9-17-7-8-18-12/h4-6,9H,3,7-8H2,1-2H3,(H,15,16). The Labute approximate surface area is 107 Å². The minimum absolute atomic E-state index is 0.228. The van der Waals surface area contributed by atoms with E-state index in [2.05, 4.69) is 12.2 Å². The van der Waals surface area contributed by atoms with E-state index >= 15 is 0 Å². The van der Waals surface area contributed by atoms with Crippen molar-refractivity contribution in [2.24, 2.45) is 0 Å². The Balaban J connectivity index is 2.18. The first-order valence-electron chi connectivity index (χ1n) is 6.06. The van der Waals surface area contributed by atoms with Gasteiger partial charge in [0, 0.05) is 5.69 Å². The number of para-hydroxylation sites is 1. The van der Waals surface area contributed by atoms with Crippen molar-refractivity contribution in [2.45, 2.75) is 20.3 Å². The summed E-state index contributed by atoms with van der Waals surface area (Å²) in [5.41, 5.74) is 3.01. The lowest BCUT2D eigenvalue weighted by molar-refractivity contribution is -0.117. The molecule has 1 N–H and O–H groups in total. The van der Waals surface area contributed by atoms with E-state index in [1.807, 2.05) is 25.1 Å². The quantitative estimate of drug-likeness (QED) is 0.892. The van der Waals surface area contributed by atoms with Crippen molar-refractivity contribution in [3.05, 3.63) is 41.3 Å². The molecule has 18 heavy (non-hydrogen) atoms. The number of amides is 1. The lowest BCUT2D eigenvalue weighted by atomic mass is 10.1. The summed E-state index contributed by atoms with van der Waals surface area (Å²) in [5.74, 6) is -0.0368. The van der Waals surface area contributed by atoms with Gasteiger partial charge in [0.1, 0.15) is 19.5 Å². The zero-order valence-electron chi connectivity index (χ0n) is 10.7. The normalized spacial score (nSPS) is 14.2. The molecule has 0 radical (unpaired) electrons. The second-order valence-corrected chi connectivity index (χ2v) is 4.12. The third kappa shape index (κ3) is 2.64. The van der Waals surface area contributed by atoms with E-state index in [0.717, 1.165) is 23.2 Å². The van der Waals surface area contributed by atoms with Crippen LogP contribution < -0.4 is 5.32 Å². The smallest absolute Gasteiger partial charge is 0.294 e. The van der Waals surface area contributed by atoms with Crippen LogP contribution in [0.15, 0.2) is 30.2 Å². The number of hydrogen-bond acceptors (Lipinski definition) is 3. The highest BCUT2D eigenvalue weighted by Gasteiger charge is 2.17. The minimum atomic E-state index is -0.265. The van der Waals surface area contributed by atoms with E-state index in [4.69, 9.17) is 9.47 Å². The van der Waals surface area contributed by atoms with Crippen LogP contribution in [0, 0.1) is 6.92 Å². The summed E-state index contributed by atoms with van der Waals surface area (Å²) in [6.07, 6.45) is 2.23. The summed E-state index contributed by atoms with van der Waals surface area (Å²) in [6.45, 7) is 4.93. The average molecular weight is 247 g/mol. The van der Waals surface area contributed by atoms with Crippen molar-refractivity contribution in [1.29, 1.82) is 0 Å². The molecule has 1 aliphatic rings. The molecule has 0 spiro atoms. The number of ether oxygens (including phenoxy) is 2. The van der Waals surface area contributed by atoms with Crippen molar-refractivity contribution >= 4 is 11.6 Å². The van der Waals surface area contributed by atoms with Crippen LogP contribution in [0.25, 0.3) is 0 Å². The van der Waals surface area contributed by atoms with Gasteiger partial charge in [0.15, 0.2) is 0 Å². The summed E-state index contributed by atoms with van der Waals surface area (Å²) in [6, 6.07) is 5.97. The SMILES string of the molecule is CCc1cccc(C)c1NC(=O)C1=COCCO1. The van der Waals surface area contributed by atoms with Gasteiger partial charge in [-0.15, -0.1) is 0 Å². The van der Waals surface area contributed by atoms with Crippen molar-refractivity contribution in [3.63, 3.8) is 0 Å². The first-order valence-corrected chi connectivity index (χ1v) is 6.06. The van der Waals surface area contributed by atoms with Gasteiger partial charge >= 0.3 is 0 Å². The molecule has 0 saturated heterocycles. The Morgan fingerprint density at radius 2 is 2.22 bits per heavy atom. The maximum absolute atomic E-state index is 12.0. The average Bonchev–Trinajstić information content (AvgIpc) is 2.42. The fourth-order valence-electron chi connectivity index (χ4n) is 1.86. The number of anilines is 1. The van der Waals surface area contributed by atoms with Crippen LogP contribution in [0.3, 0.4) is 0 Å². The van der Waals surface area contributed by atoms with Gasteiger partial charge in [-0.1, -0.05) is 25.1 Å². The summed E-state index contributed by atoms with van der Waals surface area (Å²) in [5, 5.41) is 2.89. The Morgan fingerprint density at radius 3 is 2.89 bits per heavy atom. The Morgan fingerprint density at radius 1 is 1.39 bits per heavy atom. The van der Waals surface area contributed by atoms with E-state index in [0.29, 0.717) is 13.2 Å². The predicted octanol–water partition coefficient (Wildman–Crippen LogP) is 2.38. The maximum atomic E-state index is 12.0. The van der Waals surface area contributed by atoms with Crippen molar-refractivity contribution in [3.8, 4) is 0 Å². The molecule has 4 heteroatoms. The number of rotatable bonds is 3. The molecule has 1 aromatic carbocycles. The molecular weight excluding hydrogens is 230 g/mol. The highest BCUT2D eigenvalue weighted by atomic mass is 16.6. The second-order valence-electron chi connectivity index (χ2n) is 4.12. The van der Waals surface area contributed by atoms with Gasteiger partial charge in [0.05, 0.1) is 0 Å². The largest absolute Gasteiger partial charge is 0.494 e. The molecule has 96 valence electrons. The van der Waals surface area contributed by atoms with Gasteiger partial charge in [-0.3, -0.25) is 4.79 Å². The molecule has 0 saturated carbocycles. The van der Waals surface area contributed by atoms with Crippen molar-refractivity contribution in [2.75, 3.05) is 18.5 Å². The van der Waals surface area contributed by atoms with Gasteiger partial charge in [-0.25, -0.2) is 0 Å². The molecular formula is C14H17NO3. The lowest BCUT2D eigenvalue weighted by Crippen LogP contribution is -2.22. The van der Waals surface area contributed by atoms with Gasteiger partial charge < -0.3 is 14.8 Å². The Hall–Kier alpha value is -1.97. The molecule has 1 amide bonds. The zero-order valence-corrected chi connectivity index (χ0v) is 10.7. The van der Waals surface area contributed by atoms with Crippen LogP contribution >= 0.6 is 0 Å². The van der Waals surface area contributed by atoms with Crippen LogP contribution in [0.2, 0.25) is 0 Å². The lowest BCUT2D eigenvalue weighted by Gasteiger charge is -2.17. The van der Waals surface area contributed by atoms with Crippen LogP contribution in [-0.4, -0.2) is 19.1 Å². The predicted molar refractivity (Wildman–Crippen MR) is 69.2 cm³/mol. The summed E-state index contributed by atoms with van der Waals surface area (Å²) < 4.78 is 10.3. The highest BCUT2D eigenvalue weighted by molar-refractivity contribution is 6.03. The summed E-state index contributed by atoms with van der Waals surface area (Å²) >= 11 is 0. The number of benzene rings is 1. The zero-order chi connectivity index (χ0) is 13.0. The number of hydrogen-bond donors (Lipinski definition) is 1. The molecule has 0 fully saturated rings. The highest BCUT2D eigenvalue weighted by Crippen LogP contribution is 2.22. The van der Waals surface area contributed by atoms with E-state index in [9.17, 15) is 4.79 Å². The molecule has 1 heterocycles.